The molecule has 0 heterocycles. The molecule has 10 heavy (non-hydrogen) atoms. The Balaban J connectivity index is 3.30. The fourth-order valence-electron chi connectivity index (χ4n) is 0.677. The Morgan fingerprint density at radius 1 is 1.50 bits per heavy atom. The number of nitrogens with one attached hydrogen (secondary N) is 2. The number of rotatable bonds is 6. The van der Waals surface area contributed by atoms with Gasteiger partial charge >= 0.3 is 0 Å². The first-order valence-corrected chi connectivity index (χ1v) is 3.06. The van der Waals surface area contributed by atoms with Crippen LogP contribution in [0.25, 0.3) is 0 Å². The van der Waals surface area contributed by atoms with E-state index in [1.54, 1.807) is 7.05 Å². The molecule has 0 radical (unpaired) electrons. The summed E-state index contributed by atoms with van der Waals surface area (Å²) in [5, 5.41) is 2.78. The van der Waals surface area contributed by atoms with Crippen molar-refractivity contribution in [3.8, 4) is 0 Å². The lowest BCUT2D eigenvalue weighted by Crippen LogP contribution is -2.29. The Bertz CT molecular complexity index is 60.4. The van der Waals surface area contributed by atoms with Gasteiger partial charge in [-0.2, -0.15) is 10.5 Å². The molecule has 0 aromatic carbocycles. The van der Waals surface area contributed by atoms with Crippen LogP contribution in [0, 0.1) is 5.92 Å². The van der Waals surface area contributed by atoms with E-state index >= 15 is 0 Å². The lowest BCUT2D eigenvalue weighted by Gasteiger charge is -2.10. The van der Waals surface area contributed by atoms with Gasteiger partial charge in [-0.1, -0.05) is 0 Å². The molecular formula is C5H12F2N2O. The number of halogens is 2. The van der Waals surface area contributed by atoms with E-state index in [9.17, 15) is 9.01 Å². The molecule has 0 bridgehead atoms. The minimum Gasteiger partial charge on any atom is -0.319 e. The summed E-state index contributed by atoms with van der Waals surface area (Å²) in [7, 11) is 1.71. The van der Waals surface area contributed by atoms with Crippen LogP contribution in [0.4, 0.5) is 9.01 Å². The van der Waals surface area contributed by atoms with Crippen molar-refractivity contribution >= 4 is 0 Å². The third-order valence-electron chi connectivity index (χ3n) is 1.16. The number of hydrogen-bond acceptors (Lipinski definition) is 3. The highest BCUT2D eigenvalue weighted by atomic mass is 19.3. The molecule has 3 nitrogen and oxygen atoms in total. The maximum Gasteiger partial charge on any atom is 0.0929 e. The Morgan fingerprint density at radius 2 is 2.20 bits per heavy atom. The van der Waals surface area contributed by atoms with Gasteiger partial charge in [-0.25, -0.2) is 0 Å². The van der Waals surface area contributed by atoms with Crippen LogP contribution in [0.3, 0.4) is 0 Å². The van der Waals surface area contributed by atoms with Crippen LogP contribution in [-0.2, 0) is 4.94 Å². The lowest BCUT2D eigenvalue weighted by atomic mass is 10.2. The molecule has 1 unspecified atom stereocenters. The van der Waals surface area contributed by atoms with Gasteiger partial charge in [0.1, 0.15) is 0 Å². The van der Waals surface area contributed by atoms with Gasteiger partial charge in [-0.05, 0) is 11.6 Å². The fraction of sp³-hybridized carbons (Fsp3) is 1.00. The SMILES string of the molecule is CNCC(CNF)COF. The van der Waals surface area contributed by atoms with Crippen molar-refractivity contribution in [2.75, 3.05) is 26.7 Å². The predicted molar refractivity (Wildman–Crippen MR) is 33.6 cm³/mol. The van der Waals surface area contributed by atoms with Gasteiger partial charge in [0.05, 0.1) is 6.61 Å². The van der Waals surface area contributed by atoms with Crippen LogP contribution < -0.4 is 10.9 Å². The predicted octanol–water partition coefficient (Wildman–Crippen LogP) is 0.197. The molecule has 0 amide bonds. The average molecular weight is 154 g/mol. The fourth-order valence-corrected chi connectivity index (χ4v) is 0.677. The normalized spacial score (nSPS) is 13.5. The van der Waals surface area contributed by atoms with E-state index in [0.717, 1.165) is 0 Å². The average Bonchev–Trinajstić information content (AvgIpc) is 1.90. The third-order valence-corrected chi connectivity index (χ3v) is 1.16. The molecule has 0 aliphatic heterocycles. The van der Waals surface area contributed by atoms with E-state index in [1.807, 2.05) is 0 Å². The van der Waals surface area contributed by atoms with Crippen molar-refractivity contribution in [1.82, 2.24) is 10.9 Å². The number of hydrogen-bond donors (Lipinski definition) is 2. The summed E-state index contributed by atoms with van der Waals surface area (Å²) in [5.41, 5.74) is 1.45. The van der Waals surface area contributed by atoms with Crippen LogP contribution in [-0.4, -0.2) is 26.7 Å². The molecule has 0 spiro atoms. The highest BCUT2D eigenvalue weighted by molar-refractivity contribution is 4.59. The van der Waals surface area contributed by atoms with Gasteiger partial charge in [0, 0.05) is 19.0 Å². The zero-order valence-corrected chi connectivity index (χ0v) is 5.86. The lowest BCUT2D eigenvalue weighted by molar-refractivity contribution is -0.145. The van der Waals surface area contributed by atoms with Crippen LogP contribution in [0.1, 0.15) is 0 Å². The van der Waals surface area contributed by atoms with Crippen molar-refractivity contribution in [2.45, 2.75) is 0 Å². The first-order chi connectivity index (χ1) is 4.85. The second-order valence-electron chi connectivity index (χ2n) is 2.04. The first kappa shape index (κ1) is 9.74. The molecule has 5 heteroatoms. The maximum absolute atomic E-state index is 11.4. The summed E-state index contributed by atoms with van der Waals surface area (Å²) < 4.78 is 22.6. The van der Waals surface area contributed by atoms with Crippen LogP contribution in [0.5, 0.6) is 0 Å². The summed E-state index contributed by atoms with van der Waals surface area (Å²) in [6.45, 7) is 0.545. The van der Waals surface area contributed by atoms with E-state index in [-0.39, 0.29) is 19.1 Å². The van der Waals surface area contributed by atoms with E-state index in [1.165, 1.54) is 5.54 Å². The second-order valence-corrected chi connectivity index (χ2v) is 2.04. The molecule has 0 saturated heterocycles. The Morgan fingerprint density at radius 3 is 2.60 bits per heavy atom. The minimum absolute atomic E-state index is 0.0856. The summed E-state index contributed by atoms with van der Waals surface area (Å²) >= 11 is 0. The molecule has 0 saturated carbocycles. The minimum atomic E-state index is -0.167. The molecule has 0 aromatic heterocycles. The van der Waals surface area contributed by atoms with Crippen LogP contribution >= 0.6 is 0 Å². The molecule has 2 N–H and O–H groups in total. The van der Waals surface area contributed by atoms with Crippen molar-refractivity contribution in [3.05, 3.63) is 0 Å². The van der Waals surface area contributed by atoms with Crippen molar-refractivity contribution in [2.24, 2.45) is 5.92 Å². The Hall–Kier alpha value is -0.260. The van der Waals surface area contributed by atoms with Gasteiger partial charge in [0.15, 0.2) is 0 Å². The molecule has 0 aliphatic carbocycles. The molecular weight excluding hydrogens is 142 g/mol. The van der Waals surface area contributed by atoms with E-state index in [0.29, 0.717) is 6.54 Å². The molecule has 0 aliphatic rings. The summed E-state index contributed by atoms with van der Waals surface area (Å²) in [5.74, 6) is -0.167. The molecule has 0 rings (SSSR count). The Labute approximate surface area is 58.6 Å². The van der Waals surface area contributed by atoms with E-state index < -0.39 is 0 Å². The highest BCUT2D eigenvalue weighted by Crippen LogP contribution is 1.94. The van der Waals surface area contributed by atoms with Crippen molar-refractivity contribution in [3.63, 3.8) is 0 Å². The molecule has 0 aromatic rings. The topological polar surface area (TPSA) is 33.3 Å². The molecule has 1 atom stereocenters. The standard InChI is InChI=1S/C5H12F2N2O/c1-8-2-5(3-9-6)4-10-7/h5,8-9H,2-4H2,1H3. The zero-order valence-electron chi connectivity index (χ0n) is 5.86. The van der Waals surface area contributed by atoms with Gasteiger partial charge in [0.25, 0.3) is 0 Å². The largest absolute Gasteiger partial charge is 0.319 e. The van der Waals surface area contributed by atoms with Crippen molar-refractivity contribution in [1.29, 1.82) is 0 Å². The second kappa shape index (κ2) is 6.85. The van der Waals surface area contributed by atoms with Gasteiger partial charge < -0.3 is 5.32 Å². The quantitative estimate of drug-likeness (QED) is 0.536. The zero-order chi connectivity index (χ0) is 7.82. The van der Waals surface area contributed by atoms with Gasteiger partial charge in [0.2, 0.25) is 0 Å². The maximum atomic E-state index is 11.4. The highest BCUT2D eigenvalue weighted by Gasteiger charge is 2.07. The van der Waals surface area contributed by atoms with E-state index in [2.05, 4.69) is 10.3 Å². The summed E-state index contributed by atoms with van der Waals surface area (Å²) in [6, 6.07) is 0. The summed E-state index contributed by atoms with van der Waals surface area (Å²) in [4.78, 5) is 3.36. The van der Waals surface area contributed by atoms with Crippen molar-refractivity contribution < 1.29 is 13.9 Å². The van der Waals surface area contributed by atoms with Gasteiger partial charge in [-0.3, -0.25) is 0 Å². The van der Waals surface area contributed by atoms with Crippen LogP contribution in [0.15, 0.2) is 0 Å². The molecule has 62 valence electrons. The summed E-state index contributed by atoms with van der Waals surface area (Å²) in [6.07, 6.45) is 0. The smallest absolute Gasteiger partial charge is 0.0929 e. The first-order valence-electron chi connectivity index (χ1n) is 3.06. The van der Waals surface area contributed by atoms with Gasteiger partial charge in [-0.15, -0.1) is 4.48 Å². The molecule has 0 fully saturated rings. The van der Waals surface area contributed by atoms with Crippen LogP contribution in [0.2, 0.25) is 0 Å². The Kier molecular flexibility index (Phi) is 6.68. The monoisotopic (exact) mass is 154 g/mol. The van der Waals surface area contributed by atoms with E-state index in [4.69, 9.17) is 0 Å². The third kappa shape index (κ3) is 4.60.